The van der Waals surface area contributed by atoms with Crippen molar-refractivity contribution >= 4 is 26.9 Å². The molecule has 0 radical (unpaired) electrons. The van der Waals surface area contributed by atoms with Gasteiger partial charge in [0.1, 0.15) is 5.58 Å². The second-order valence-electron chi connectivity index (χ2n) is 8.40. The number of carbonyl (C=O) groups is 1. The number of benzene rings is 1. The highest BCUT2D eigenvalue weighted by Gasteiger charge is 2.29. The van der Waals surface area contributed by atoms with Gasteiger partial charge in [-0.05, 0) is 61.8 Å². The van der Waals surface area contributed by atoms with Crippen LogP contribution in [0.2, 0.25) is 0 Å². The second-order valence-corrected chi connectivity index (χ2v) is 10.3. The number of likely N-dealkylation sites (tertiary alicyclic amines) is 1. The van der Waals surface area contributed by atoms with E-state index in [9.17, 15) is 13.2 Å². The van der Waals surface area contributed by atoms with Crippen LogP contribution in [0.25, 0.3) is 11.0 Å². The molecule has 28 heavy (non-hydrogen) atoms. The number of amides is 1. The molecule has 0 bridgehead atoms. The van der Waals surface area contributed by atoms with Crippen molar-refractivity contribution in [1.82, 2.24) is 9.21 Å². The molecule has 4 rings (SSSR count). The van der Waals surface area contributed by atoms with Gasteiger partial charge in [-0.25, -0.2) is 8.42 Å². The molecule has 2 fully saturated rings. The number of hydrogen-bond donors (Lipinski definition) is 0. The summed E-state index contributed by atoms with van der Waals surface area (Å²) in [5.41, 5.74) is 0.541. The van der Waals surface area contributed by atoms with Crippen molar-refractivity contribution in [2.75, 3.05) is 26.2 Å². The van der Waals surface area contributed by atoms with E-state index < -0.39 is 10.0 Å². The van der Waals surface area contributed by atoms with E-state index in [1.54, 1.807) is 28.6 Å². The summed E-state index contributed by atoms with van der Waals surface area (Å²) in [5, 5.41) is 0.653. The van der Waals surface area contributed by atoms with Gasteiger partial charge in [0.2, 0.25) is 10.0 Å². The molecule has 0 aliphatic carbocycles. The lowest BCUT2D eigenvalue weighted by Gasteiger charge is -2.30. The predicted molar refractivity (Wildman–Crippen MR) is 108 cm³/mol. The summed E-state index contributed by atoms with van der Waals surface area (Å²) in [4.78, 5) is 14.9. The van der Waals surface area contributed by atoms with Gasteiger partial charge in [0.05, 0.1) is 4.90 Å². The van der Waals surface area contributed by atoms with E-state index in [1.807, 2.05) is 4.90 Å². The lowest BCUT2D eigenvalue weighted by molar-refractivity contribution is 0.0653. The highest BCUT2D eigenvalue weighted by molar-refractivity contribution is 7.89. The van der Waals surface area contributed by atoms with Crippen molar-refractivity contribution in [3.05, 3.63) is 30.0 Å². The Labute approximate surface area is 166 Å². The Bertz CT molecular complexity index is 973. The Morgan fingerprint density at radius 1 is 1.04 bits per heavy atom. The van der Waals surface area contributed by atoms with Gasteiger partial charge in [-0.3, -0.25) is 4.79 Å². The topological polar surface area (TPSA) is 70.8 Å². The molecule has 1 aromatic heterocycles. The van der Waals surface area contributed by atoms with E-state index in [0.717, 1.165) is 38.8 Å². The maximum absolute atomic E-state index is 13.0. The number of piperidine rings is 2. The van der Waals surface area contributed by atoms with Crippen LogP contribution < -0.4 is 0 Å². The Morgan fingerprint density at radius 3 is 2.50 bits per heavy atom. The molecule has 1 aromatic carbocycles. The predicted octanol–water partition coefficient (Wildman–Crippen LogP) is 3.73. The molecule has 1 unspecified atom stereocenters. The van der Waals surface area contributed by atoms with Gasteiger partial charge in [-0.15, -0.1) is 0 Å². The molecule has 3 heterocycles. The van der Waals surface area contributed by atoms with Gasteiger partial charge in [0.15, 0.2) is 5.76 Å². The first-order valence-corrected chi connectivity index (χ1v) is 11.6. The number of furan rings is 1. The Kier molecular flexibility index (Phi) is 5.22. The minimum Gasteiger partial charge on any atom is -0.451 e. The van der Waals surface area contributed by atoms with E-state index in [2.05, 4.69) is 13.8 Å². The van der Waals surface area contributed by atoms with Crippen LogP contribution in [0.1, 0.15) is 50.1 Å². The van der Waals surface area contributed by atoms with Crippen LogP contribution in [0.15, 0.2) is 33.6 Å². The minimum atomic E-state index is -3.52. The quantitative estimate of drug-likeness (QED) is 0.782. The lowest BCUT2D eigenvalue weighted by Crippen LogP contribution is -2.38. The van der Waals surface area contributed by atoms with E-state index in [4.69, 9.17) is 4.42 Å². The maximum Gasteiger partial charge on any atom is 0.289 e. The first-order valence-electron chi connectivity index (χ1n) is 10.2. The number of sulfonamides is 1. The molecule has 2 aromatic rings. The zero-order valence-corrected chi connectivity index (χ0v) is 17.4. The molecule has 2 saturated heterocycles. The van der Waals surface area contributed by atoms with Gasteiger partial charge >= 0.3 is 0 Å². The van der Waals surface area contributed by atoms with E-state index in [0.29, 0.717) is 35.9 Å². The molecule has 1 amide bonds. The summed E-state index contributed by atoms with van der Waals surface area (Å²) < 4.78 is 33.3. The zero-order chi connectivity index (χ0) is 19.9. The largest absolute Gasteiger partial charge is 0.451 e. The Hall–Kier alpha value is -1.86. The smallest absolute Gasteiger partial charge is 0.289 e. The molecular formula is C21H28N2O4S. The van der Waals surface area contributed by atoms with Gasteiger partial charge in [0, 0.05) is 31.6 Å². The van der Waals surface area contributed by atoms with Crippen molar-refractivity contribution < 1.29 is 17.6 Å². The van der Waals surface area contributed by atoms with Crippen LogP contribution in [-0.4, -0.2) is 49.7 Å². The molecule has 0 saturated carbocycles. The highest BCUT2D eigenvalue weighted by Crippen LogP contribution is 2.28. The van der Waals surface area contributed by atoms with Gasteiger partial charge in [0.25, 0.3) is 5.91 Å². The summed E-state index contributed by atoms with van der Waals surface area (Å²) >= 11 is 0. The summed E-state index contributed by atoms with van der Waals surface area (Å²) in [6, 6.07) is 6.54. The number of nitrogens with zero attached hydrogens (tertiary/aromatic N) is 2. The molecule has 0 N–H and O–H groups in total. The monoisotopic (exact) mass is 404 g/mol. The van der Waals surface area contributed by atoms with E-state index >= 15 is 0 Å². The Morgan fingerprint density at radius 2 is 1.79 bits per heavy atom. The van der Waals surface area contributed by atoms with Crippen LogP contribution >= 0.6 is 0 Å². The van der Waals surface area contributed by atoms with Crippen molar-refractivity contribution in [3.63, 3.8) is 0 Å². The van der Waals surface area contributed by atoms with Crippen molar-refractivity contribution in [3.8, 4) is 0 Å². The van der Waals surface area contributed by atoms with Crippen molar-refractivity contribution in [1.29, 1.82) is 0 Å². The molecule has 2 aliphatic rings. The molecular weight excluding hydrogens is 376 g/mol. The molecule has 6 nitrogen and oxygen atoms in total. The molecule has 1 atom stereocenters. The average Bonchev–Trinajstić information content (AvgIpc) is 3.11. The van der Waals surface area contributed by atoms with Crippen LogP contribution in [-0.2, 0) is 10.0 Å². The van der Waals surface area contributed by atoms with Gasteiger partial charge in [-0.2, -0.15) is 4.31 Å². The first kappa shape index (κ1) is 19.5. The third-order valence-electron chi connectivity index (χ3n) is 6.02. The normalized spacial score (nSPS) is 22.6. The van der Waals surface area contributed by atoms with Crippen LogP contribution in [0.4, 0.5) is 0 Å². The number of rotatable bonds is 3. The van der Waals surface area contributed by atoms with E-state index in [1.165, 1.54) is 0 Å². The van der Waals surface area contributed by atoms with Crippen molar-refractivity contribution in [2.45, 2.75) is 44.4 Å². The fourth-order valence-corrected chi connectivity index (χ4v) is 5.70. The summed E-state index contributed by atoms with van der Waals surface area (Å²) in [6.45, 7) is 6.91. The molecule has 2 aliphatic heterocycles. The Balaban J connectivity index is 1.59. The highest BCUT2D eigenvalue weighted by atomic mass is 32.2. The second kappa shape index (κ2) is 7.52. The lowest BCUT2D eigenvalue weighted by atomic mass is 10.0. The molecule has 152 valence electrons. The summed E-state index contributed by atoms with van der Waals surface area (Å²) in [5.74, 6) is 1.22. The fraction of sp³-hybridized carbons (Fsp3) is 0.571. The van der Waals surface area contributed by atoms with Crippen LogP contribution in [0, 0.1) is 11.8 Å². The number of carbonyl (C=O) groups excluding carboxylic acids is 1. The summed E-state index contributed by atoms with van der Waals surface area (Å²) in [6.07, 6.45) is 3.92. The van der Waals surface area contributed by atoms with E-state index in [-0.39, 0.29) is 16.6 Å². The summed E-state index contributed by atoms with van der Waals surface area (Å²) in [7, 11) is -3.52. The van der Waals surface area contributed by atoms with Gasteiger partial charge < -0.3 is 9.32 Å². The maximum atomic E-state index is 13.0. The van der Waals surface area contributed by atoms with Gasteiger partial charge in [-0.1, -0.05) is 13.8 Å². The number of hydrogen-bond acceptors (Lipinski definition) is 4. The number of fused-ring (bicyclic) bond motifs is 1. The molecule has 0 spiro atoms. The SMILES string of the molecule is CC1CCN(S(=O)(=O)c2ccc3oc(C(=O)N4CCCC(C)C4)cc3c2)CC1. The third-order valence-corrected chi connectivity index (χ3v) is 7.92. The zero-order valence-electron chi connectivity index (χ0n) is 16.6. The van der Waals surface area contributed by atoms with Crippen molar-refractivity contribution in [2.24, 2.45) is 11.8 Å². The van der Waals surface area contributed by atoms with Crippen LogP contribution in [0.3, 0.4) is 0 Å². The molecule has 7 heteroatoms. The fourth-order valence-electron chi connectivity index (χ4n) is 4.19. The van der Waals surface area contributed by atoms with Crippen LogP contribution in [0.5, 0.6) is 0 Å². The third kappa shape index (κ3) is 3.70. The first-order chi connectivity index (χ1) is 13.3. The average molecular weight is 405 g/mol. The minimum absolute atomic E-state index is 0.114. The standard InChI is InChI=1S/C21H28N2O4S/c1-15-7-10-23(11-8-15)28(25,26)18-5-6-19-17(12-18)13-20(27-19)21(24)22-9-3-4-16(2)14-22/h5-6,12-13,15-16H,3-4,7-11,14H2,1-2H3.